The summed E-state index contributed by atoms with van der Waals surface area (Å²) >= 11 is 1.82. The summed E-state index contributed by atoms with van der Waals surface area (Å²) in [6.07, 6.45) is 34.3. The number of unbranched alkanes of at least 4 members (excludes halogenated alkanes) is 22. The number of hydrogen-bond donors (Lipinski definition) is 0. The van der Waals surface area contributed by atoms with Crippen molar-refractivity contribution in [3.63, 3.8) is 0 Å². The second-order valence-corrected chi connectivity index (χ2v) is 13.3. The number of hydrogen-bond acceptors (Lipinski definition) is 5. The molecule has 0 aromatic carbocycles. The van der Waals surface area contributed by atoms with Gasteiger partial charge in [-0.25, -0.2) is 0 Å². The van der Waals surface area contributed by atoms with Gasteiger partial charge in [0, 0.05) is 12.8 Å². The molecule has 0 unspecified atom stereocenters. The number of carbonyl (C=O) groups excluding carboxylic acids is 2. The maximum absolute atomic E-state index is 11.9. The van der Waals surface area contributed by atoms with Gasteiger partial charge in [-0.1, -0.05) is 155 Å². The zero-order valence-electron chi connectivity index (χ0n) is 27.7. The number of thioether (sulfide) groups is 1. The molecule has 0 aromatic heterocycles. The van der Waals surface area contributed by atoms with Gasteiger partial charge in [-0.05, 0) is 37.2 Å². The molecule has 41 heavy (non-hydrogen) atoms. The second kappa shape index (κ2) is 35.5. The standard InChI is InChI=1S/C36H70O4S/c1-3-5-7-9-11-13-15-17-19-21-23-25-31-39-35(37)29-27-33-41-34-28-30-36(38)40-32-26-24-22-20-18-16-14-12-10-8-6-4-2/h3-34H2,1-2H3. The van der Waals surface area contributed by atoms with Crippen LogP contribution in [-0.4, -0.2) is 36.7 Å². The van der Waals surface area contributed by atoms with Crippen LogP contribution in [0.15, 0.2) is 0 Å². The van der Waals surface area contributed by atoms with Gasteiger partial charge >= 0.3 is 11.9 Å². The summed E-state index contributed by atoms with van der Waals surface area (Å²) in [7, 11) is 0. The van der Waals surface area contributed by atoms with Crippen LogP contribution in [-0.2, 0) is 19.1 Å². The molecule has 0 aliphatic carbocycles. The average Bonchev–Trinajstić information content (AvgIpc) is 2.97. The van der Waals surface area contributed by atoms with Gasteiger partial charge < -0.3 is 9.47 Å². The molecule has 0 radical (unpaired) electrons. The van der Waals surface area contributed by atoms with Crippen molar-refractivity contribution in [3.05, 3.63) is 0 Å². The van der Waals surface area contributed by atoms with Crippen molar-refractivity contribution in [2.24, 2.45) is 0 Å². The van der Waals surface area contributed by atoms with E-state index in [1.807, 2.05) is 11.8 Å². The molecule has 0 bridgehead atoms. The lowest BCUT2D eigenvalue weighted by Crippen LogP contribution is -2.07. The predicted octanol–water partition coefficient (Wildman–Crippen LogP) is 11.8. The summed E-state index contributed by atoms with van der Waals surface area (Å²) in [5.41, 5.74) is 0. The number of esters is 2. The Hall–Kier alpha value is -0.710. The SMILES string of the molecule is CCCCCCCCCCCCCCOC(=O)CCCSCCCC(=O)OCCCCCCCCCCCCCC. The van der Waals surface area contributed by atoms with Crippen LogP contribution in [0.5, 0.6) is 0 Å². The molecular formula is C36H70O4S. The highest BCUT2D eigenvalue weighted by Crippen LogP contribution is 2.14. The molecule has 4 nitrogen and oxygen atoms in total. The van der Waals surface area contributed by atoms with E-state index in [0.717, 1.165) is 37.2 Å². The van der Waals surface area contributed by atoms with Gasteiger partial charge in [0.25, 0.3) is 0 Å². The Kier molecular flexibility index (Phi) is 34.9. The Morgan fingerprint density at radius 3 is 0.951 bits per heavy atom. The highest BCUT2D eigenvalue weighted by atomic mass is 32.2. The van der Waals surface area contributed by atoms with E-state index < -0.39 is 0 Å². The molecule has 5 heteroatoms. The third-order valence-corrected chi connectivity index (χ3v) is 9.02. The molecule has 0 N–H and O–H groups in total. The van der Waals surface area contributed by atoms with Crippen molar-refractivity contribution in [2.45, 2.75) is 194 Å². The minimum atomic E-state index is -0.0601. The molecule has 0 rings (SSSR count). The maximum atomic E-state index is 11.9. The lowest BCUT2D eigenvalue weighted by molar-refractivity contribution is -0.144. The van der Waals surface area contributed by atoms with Crippen LogP contribution in [0.3, 0.4) is 0 Å². The van der Waals surface area contributed by atoms with Crippen LogP contribution < -0.4 is 0 Å². The van der Waals surface area contributed by atoms with Gasteiger partial charge in [0.1, 0.15) is 0 Å². The third kappa shape index (κ3) is 35.4. The molecule has 0 aliphatic rings. The number of ether oxygens (including phenoxy) is 2. The Bertz CT molecular complexity index is 494. The van der Waals surface area contributed by atoms with Crippen molar-refractivity contribution < 1.29 is 19.1 Å². The first kappa shape index (κ1) is 40.3. The first-order valence-electron chi connectivity index (χ1n) is 18.1. The number of carbonyl (C=O) groups is 2. The maximum Gasteiger partial charge on any atom is 0.305 e. The van der Waals surface area contributed by atoms with Crippen LogP contribution in [0.4, 0.5) is 0 Å². The summed E-state index contributed by atoms with van der Waals surface area (Å²) in [5.74, 6) is 1.77. The fourth-order valence-corrected chi connectivity index (χ4v) is 6.04. The summed E-state index contributed by atoms with van der Waals surface area (Å²) in [6, 6.07) is 0. The molecule has 0 aromatic rings. The molecular weight excluding hydrogens is 528 g/mol. The van der Waals surface area contributed by atoms with Crippen LogP contribution in [0.2, 0.25) is 0 Å². The third-order valence-electron chi connectivity index (χ3n) is 7.86. The van der Waals surface area contributed by atoms with E-state index in [0.29, 0.717) is 26.1 Å². The Balaban J connectivity index is 3.25. The van der Waals surface area contributed by atoms with E-state index in [1.165, 1.54) is 141 Å². The zero-order chi connectivity index (χ0) is 29.9. The lowest BCUT2D eigenvalue weighted by atomic mass is 10.1. The molecule has 244 valence electrons. The first-order chi connectivity index (χ1) is 20.2. The van der Waals surface area contributed by atoms with Gasteiger partial charge in [0.05, 0.1) is 13.2 Å². The Morgan fingerprint density at radius 1 is 0.390 bits per heavy atom. The lowest BCUT2D eigenvalue weighted by Gasteiger charge is -2.06. The minimum Gasteiger partial charge on any atom is -0.466 e. The minimum absolute atomic E-state index is 0.0601. The average molecular weight is 599 g/mol. The van der Waals surface area contributed by atoms with E-state index >= 15 is 0 Å². The molecule has 0 atom stereocenters. The van der Waals surface area contributed by atoms with Crippen molar-refractivity contribution in [1.82, 2.24) is 0 Å². The predicted molar refractivity (Wildman–Crippen MR) is 180 cm³/mol. The molecule has 0 spiro atoms. The van der Waals surface area contributed by atoms with Gasteiger partial charge in [-0.3, -0.25) is 9.59 Å². The van der Waals surface area contributed by atoms with Crippen molar-refractivity contribution in [1.29, 1.82) is 0 Å². The first-order valence-corrected chi connectivity index (χ1v) is 19.2. The molecule has 0 aliphatic heterocycles. The largest absolute Gasteiger partial charge is 0.466 e. The molecule has 0 saturated heterocycles. The molecule has 0 heterocycles. The number of rotatable bonds is 34. The van der Waals surface area contributed by atoms with Gasteiger partial charge in [-0.15, -0.1) is 0 Å². The van der Waals surface area contributed by atoms with E-state index in [9.17, 15) is 9.59 Å². The van der Waals surface area contributed by atoms with Crippen molar-refractivity contribution in [2.75, 3.05) is 24.7 Å². The Labute approximate surface area is 260 Å². The summed E-state index contributed by atoms with van der Waals surface area (Å²) in [4.78, 5) is 23.8. The van der Waals surface area contributed by atoms with E-state index in [4.69, 9.17) is 9.47 Å². The fraction of sp³-hybridized carbons (Fsp3) is 0.944. The van der Waals surface area contributed by atoms with Gasteiger partial charge in [0.2, 0.25) is 0 Å². The molecule has 0 amide bonds. The highest BCUT2D eigenvalue weighted by molar-refractivity contribution is 7.99. The molecule has 0 saturated carbocycles. The van der Waals surface area contributed by atoms with E-state index in [2.05, 4.69) is 13.8 Å². The van der Waals surface area contributed by atoms with Crippen LogP contribution >= 0.6 is 11.8 Å². The highest BCUT2D eigenvalue weighted by Gasteiger charge is 2.05. The summed E-state index contributed by atoms with van der Waals surface area (Å²) in [5, 5.41) is 0. The smallest absolute Gasteiger partial charge is 0.305 e. The second-order valence-electron chi connectivity index (χ2n) is 12.0. The van der Waals surface area contributed by atoms with Gasteiger partial charge in [-0.2, -0.15) is 11.8 Å². The van der Waals surface area contributed by atoms with E-state index in [-0.39, 0.29) is 11.9 Å². The summed E-state index contributed by atoms with van der Waals surface area (Å²) < 4.78 is 10.8. The monoisotopic (exact) mass is 598 g/mol. The van der Waals surface area contributed by atoms with Crippen molar-refractivity contribution in [3.8, 4) is 0 Å². The topological polar surface area (TPSA) is 52.6 Å². The molecule has 0 fully saturated rings. The Morgan fingerprint density at radius 2 is 0.659 bits per heavy atom. The normalized spacial score (nSPS) is 11.2. The summed E-state index contributed by atoms with van der Waals surface area (Å²) in [6.45, 7) is 5.69. The van der Waals surface area contributed by atoms with Crippen LogP contribution in [0.1, 0.15) is 194 Å². The van der Waals surface area contributed by atoms with Crippen LogP contribution in [0, 0.1) is 0 Å². The van der Waals surface area contributed by atoms with E-state index in [1.54, 1.807) is 0 Å². The van der Waals surface area contributed by atoms with Crippen LogP contribution in [0.25, 0.3) is 0 Å². The fourth-order valence-electron chi connectivity index (χ4n) is 5.14. The quantitative estimate of drug-likeness (QED) is 0.0544. The van der Waals surface area contributed by atoms with Crippen molar-refractivity contribution >= 4 is 23.7 Å². The zero-order valence-corrected chi connectivity index (χ0v) is 28.5. The van der Waals surface area contributed by atoms with Gasteiger partial charge in [0.15, 0.2) is 0 Å².